The van der Waals surface area contributed by atoms with Gasteiger partial charge in [0.1, 0.15) is 23.7 Å². The number of ketones is 1. The van der Waals surface area contributed by atoms with Crippen LogP contribution < -0.4 is 9.47 Å². The van der Waals surface area contributed by atoms with E-state index in [1.165, 1.54) is 19.2 Å². The van der Waals surface area contributed by atoms with Gasteiger partial charge in [-0.3, -0.25) is 14.4 Å². The van der Waals surface area contributed by atoms with Gasteiger partial charge < -0.3 is 14.2 Å². The highest BCUT2D eigenvalue weighted by Crippen LogP contribution is 2.24. The quantitative estimate of drug-likeness (QED) is 0.322. The van der Waals surface area contributed by atoms with Crippen molar-refractivity contribution in [1.29, 1.82) is 0 Å². The minimum atomic E-state index is -0.724. The number of benzene rings is 1. The van der Waals surface area contributed by atoms with Crippen molar-refractivity contribution >= 4 is 29.3 Å². The van der Waals surface area contributed by atoms with Crippen LogP contribution in [0.3, 0.4) is 0 Å². The molecule has 2 aromatic rings. The zero-order valence-electron chi connectivity index (χ0n) is 19.5. The maximum atomic E-state index is 12.7. The van der Waals surface area contributed by atoms with Crippen LogP contribution in [0.15, 0.2) is 42.6 Å². The third kappa shape index (κ3) is 8.50. The second kappa shape index (κ2) is 12.3. The van der Waals surface area contributed by atoms with Crippen molar-refractivity contribution in [2.75, 3.05) is 0 Å². The second-order valence-electron chi connectivity index (χ2n) is 8.36. The van der Waals surface area contributed by atoms with Crippen molar-refractivity contribution in [2.24, 2.45) is 11.8 Å². The Labute approximate surface area is 199 Å². The third-order valence-electron chi connectivity index (χ3n) is 4.80. The van der Waals surface area contributed by atoms with Crippen LogP contribution in [0.25, 0.3) is 0 Å². The average Bonchev–Trinajstić information content (AvgIpc) is 2.72. The molecule has 7 nitrogen and oxygen atoms in total. The molecule has 0 aliphatic rings. The second-order valence-corrected chi connectivity index (χ2v) is 8.79. The van der Waals surface area contributed by atoms with Crippen LogP contribution in [0.1, 0.15) is 57.9 Å². The van der Waals surface area contributed by atoms with Gasteiger partial charge in [-0.05, 0) is 49.6 Å². The average molecular weight is 476 g/mol. The predicted octanol–water partition coefficient (Wildman–Crippen LogP) is 5.29. The van der Waals surface area contributed by atoms with Gasteiger partial charge in [0.25, 0.3) is 0 Å². The first-order valence-corrected chi connectivity index (χ1v) is 11.2. The fourth-order valence-electron chi connectivity index (χ4n) is 3.19. The number of pyridine rings is 1. The number of halogens is 1. The van der Waals surface area contributed by atoms with E-state index in [9.17, 15) is 14.4 Å². The topological polar surface area (TPSA) is 91.8 Å². The number of esters is 2. The molecule has 0 aliphatic carbocycles. The van der Waals surface area contributed by atoms with Gasteiger partial charge in [0.15, 0.2) is 11.5 Å². The number of nitrogens with zero attached hydrogens (tertiary/aromatic N) is 1. The first-order chi connectivity index (χ1) is 15.6. The molecular formula is C25H30ClNO6. The lowest BCUT2D eigenvalue weighted by Crippen LogP contribution is -2.36. The highest BCUT2D eigenvalue weighted by Gasteiger charge is 2.28. The number of hydrogen-bond donors (Lipinski definition) is 0. The lowest BCUT2D eigenvalue weighted by Gasteiger charge is -2.27. The molecule has 0 N–H and O–H groups in total. The molecule has 0 amide bonds. The van der Waals surface area contributed by atoms with Crippen LogP contribution in [-0.4, -0.2) is 34.9 Å². The standard InChI is InChI=1S/C25H30ClNO6/c1-15(2)12-23(33-20-9-6-8-19(26)14-20)17(4)31-25(30)16(3)13-21(29)24-22(32-18(5)28)10-7-11-27-24/h6-11,14-17,23H,12-13H2,1-5H3/t16-,17+,23-/m1/s1. The molecule has 0 saturated heterocycles. The van der Waals surface area contributed by atoms with Crippen LogP contribution in [0.2, 0.25) is 5.02 Å². The van der Waals surface area contributed by atoms with Crippen molar-refractivity contribution < 1.29 is 28.6 Å². The molecule has 33 heavy (non-hydrogen) atoms. The van der Waals surface area contributed by atoms with E-state index in [2.05, 4.69) is 18.8 Å². The van der Waals surface area contributed by atoms with Gasteiger partial charge >= 0.3 is 11.9 Å². The molecule has 1 heterocycles. The number of hydrogen-bond acceptors (Lipinski definition) is 7. The summed E-state index contributed by atoms with van der Waals surface area (Å²) in [5, 5.41) is 0.551. The van der Waals surface area contributed by atoms with Gasteiger partial charge in [-0.1, -0.05) is 38.4 Å². The van der Waals surface area contributed by atoms with E-state index < -0.39 is 29.7 Å². The number of aromatic nitrogens is 1. The van der Waals surface area contributed by atoms with Gasteiger partial charge in [0.05, 0.1) is 5.92 Å². The smallest absolute Gasteiger partial charge is 0.309 e. The van der Waals surface area contributed by atoms with E-state index in [0.29, 0.717) is 23.1 Å². The summed E-state index contributed by atoms with van der Waals surface area (Å²) in [6.07, 6.45) is 1.01. The molecule has 0 bridgehead atoms. The zero-order valence-corrected chi connectivity index (χ0v) is 20.3. The van der Waals surface area contributed by atoms with E-state index in [1.54, 1.807) is 44.2 Å². The van der Waals surface area contributed by atoms with Crippen LogP contribution in [0.5, 0.6) is 11.5 Å². The number of carbonyl (C=O) groups is 3. The summed E-state index contributed by atoms with van der Waals surface area (Å²) in [4.78, 5) is 40.7. The lowest BCUT2D eigenvalue weighted by molar-refractivity contribution is -0.157. The molecule has 1 aromatic heterocycles. The van der Waals surface area contributed by atoms with Gasteiger partial charge in [0, 0.05) is 24.6 Å². The number of ether oxygens (including phenoxy) is 3. The molecule has 0 unspecified atom stereocenters. The van der Waals surface area contributed by atoms with Crippen molar-refractivity contribution in [1.82, 2.24) is 4.98 Å². The van der Waals surface area contributed by atoms with Gasteiger partial charge in [0.2, 0.25) is 0 Å². The zero-order chi connectivity index (χ0) is 24.5. The molecule has 0 fully saturated rings. The Balaban J connectivity index is 2.04. The van der Waals surface area contributed by atoms with Gasteiger partial charge in [-0.2, -0.15) is 0 Å². The summed E-state index contributed by atoms with van der Waals surface area (Å²) in [6, 6.07) is 10.1. The summed E-state index contributed by atoms with van der Waals surface area (Å²) in [5.74, 6) is -1.27. The maximum Gasteiger partial charge on any atom is 0.309 e. The van der Waals surface area contributed by atoms with E-state index in [0.717, 1.165) is 0 Å². The van der Waals surface area contributed by atoms with Crippen LogP contribution >= 0.6 is 11.6 Å². The largest absolute Gasteiger partial charge is 0.487 e. The molecule has 2 rings (SSSR count). The lowest BCUT2D eigenvalue weighted by atomic mass is 10.0. The van der Waals surface area contributed by atoms with Crippen LogP contribution in [0.4, 0.5) is 0 Å². The highest BCUT2D eigenvalue weighted by molar-refractivity contribution is 6.30. The monoisotopic (exact) mass is 475 g/mol. The third-order valence-corrected chi connectivity index (χ3v) is 5.03. The SMILES string of the molecule is CC(=O)Oc1cccnc1C(=O)C[C@@H](C)C(=O)O[C@@H](C)[C@@H](CC(C)C)Oc1cccc(Cl)c1. The Bertz CT molecular complexity index is 977. The van der Waals surface area contributed by atoms with Crippen molar-refractivity contribution in [3.63, 3.8) is 0 Å². The highest BCUT2D eigenvalue weighted by atomic mass is 35.5. The Kier molecular flexibility index (Phi) is 9.85. The minimum Gasteiger partial charge on any atom is -0.487 e. The fourth-order valence-corrected chi connectivity index (χ4v) is 3.37. The predicted molar refractivity (Wildman–Crippen MR) is 125 cm³/mol. The molecule has 178 valence electrons. The van der Waals surface area contributed by atoms with E-state index >= 15 is 0 Å². The summed E-state index contributed by atoms with van der Waals surface area (Å²) >= 11 is 6.05. The summed E-state index contributed by atoms with van der Waals surface area (Å²) < 4.78 is 16.8. The van der Waals surface area contributed by atoms with Crippen LogP contribution in [-0.2, 0) is 14.3 Å². The minimum absolute atomic E-state index is 0.00220. The fraction of sp³-hybridized carbons (Fsp3) is 0.440. The summed E-state index contributed by atoms with van der Waals surface area (Å²) in [6.45, 7) is 8.72. The van der Waals surface area contributed by atoms with Gasteiger partial charge in [-0.25, -0.2) is 4.98 Å². The Morgan fingerprint density at radius 1 is 1.06 bits per heavy atom. The normalized spacial score (nSPS) is 13.7. The summed E-state index contributed by atoms with van der Waals surface area (Å²) in [5.41, 5.74) is 0.00220. The first-order valence-electron chi connectivity index (χ1n) is 10.9. The van der Waals surface area contributed by atoms with E-state index in [-0.39, 0.29) is 24.0 Å². The van der Waals surface area contributed by atoms with Gasteiger partial charge in [-0.15, -0.1) is 0 Å². The Morgan fingerprint density at radius 3 is 2.42 bits per heavy atom. The molecule has 0 aliphatic heterocycles. The molecule has 8 heteroatoms. The van der Waals surface area contributed by atoms with Crippen molar-refractivity contribution in [3.05, 3.63) is 53.3 Å². The van der Waals surface area contributed by atoms with Crippen molar-refractivity contribution in [2.45, 2.75) is 59.7 Å². The Hall–Kier alpha value is -2.93. The van der Waals surface area contributed by atoms with Crippen molar-refractivity contribution in [3.8, 4) is 11.5 Å². The number of rotatable bonds is 11. The molecular weight excluding hydrogens is 446 g/mol. The number of Topliss-reactive ketones (excluding diaryl/α,β-unsaturated/α-hetero) is 1. The molecule has 0 spiro atoms. The Morgan fingerprint density at radius 2 is 1.79 bits per heavy atom. The first kappa shape index (κ1) is 26.3. The molecule has 0 saturated carbocycles. The van der Waals surface area contributed by atoms with E-state index in [4.69, 9.17) is 25.8 Å². The van der Waals surface area contributed by atoms with Crippen LogP contribution in [0, 0.1) is 11.8 Å². The molecule has 0 radical (unpaired) electrons. The molecule has 3 atom stereocenters. The summed E-state index contributed by atoms with van der Waals surface area (Å²) in [7, 11) is 0. The number of carbonyl (C=O) groups excluding carboxylic acids is 3. The van der Waals surface area contributed by atoms with E-state index in [1.807, 2.05) is 0 Å². The maximum absolute atomic E-state index is 12.7. The molecule has 1 aromatic carbocycles.